The van der Waals surface area contributed by atoms with E-state index in [4.69, 9.17) is 0 Å². The van der Waals surface area contributed by atoms with Crippen LogP contribution in [0.1, 0.15) is 18.9 Å². The molecule has 0 bridgehead atoms. The molecule has 1 atom stereocenters. The van der Waals surface area contributed by atoms with E-state index < -0.39 is 11.7 Å². The van der Waals surface area contributed by atoms with Gasteiger partial charge in [-0.1, -0.05) is 23.9 Å². The van der Waals surface area contributed by atoms with Gasteiger partial charge in [-0.2, -0.15) is 13.2 Å². The fraction of sp³-hybridized carbons (Fsp3) is 0.278. The summed E-state index contributed by atoms with van der Waals surface area (Å²) in [5.74, 6) is -0.439. The Labute approximate surface area is 158 Å². The molecule has 0 radical (unpaired) electrons. The maximum atomic E-state index is 12.8. The van der Waals surface area contributed by atoms with Crippen LogP contribution in [0.15, 0.2) is 47.6 Å². The number of carbonyl (C=O) groups is 2. The van der Waals surface area contributed by atoms with Crippen LogP contribution in [0.2, 0.25) is 0 Å². The number of nitrogens with zero attached hydrogens (tertiary/aromatic N) is 2. The summed E-state index contributed by atoms with van der Waals surface area (Å²) < 4.78 is 37.8. The van der Waals surface area contributed by atoms with E-state index in [2.05, 4.69) is 10.3 Å². The second kappa shape index (κ2) is 7.59. The number of alkyl halides is 3. The number of halogens is 3. The summed E-state index contributed by atoms with van der Waals surface area (Å²) in [4.78, 5) is 30.1. The second-order valence-electron chi connectivity index (χ2n) is 6.05. The van der Waals surface area contributed by atoms with Crippen LogP contribution in [0, 0.1) is 0 Å². The minimum absolute atomic E-state index is 0.00870. The Kier molecular flexibility index (Phi) is 5.41. The van der Waals surface area contributed by atoms with Gasteiger partial charge in [-0.25, -0.2) is 4.98 Å². The molecule has 3 rings (SSSR count). The number of thioether (sulfide) groups is 1. The number of carbonyl (C=O) groups excluding carboxylic acids is 2. The number of pyridine rings is 1. The first kappa shape index (κ1) is 19.2. The van der Waals surface area contributed by atoms with Crippen LogP contribution >= 0.6 is 11.8 Å². The van der Waals surface area contributed by atoms with E-state index in [1.165, 1.54) is 6.07 Å². The molecule has 9 heteroatoms. The van der Waals surface area contributed by atoms with Gasteiger partial charge in [0.25, 0.3) is 0 Å². The molecule has 2 amide bonds. The van der Waals surface area contributed by atoms with Gasteiger partial charge in [0.1, 0.15) is 0 Å². The van der Waals surface area contributed by atoms with Gasteiger partial charge in [-0.05, 0) is 31.2 Å². The number of hydrogen-bond donors (Lipinski definition) is 1. The number of rotatable bonds is 3. The first-order chi connectivity index (χ1) is 12.8. The molecule has 142 valence electrons. The van der Waals surface area contributed by atoms with Gasteiger partial charge in [-0.3, -0.25) is 9.59 Å². The fourth-order valence-electron chi connectivity index (χ4n) is 2.81. The van der Waals surface area contributed by atoms with E-state index in [1.54, 1.807) is 36.1 Å². The Morgan fingerprint density at radius 3 is 2.70 bits per heavy atom. The average Bonchev–Trinajstić information content (AvgIpc) is 2.73. The molecule has 1 aliphatic rings. The molecule has 1 aromatic carbocycles. The van der Waals surface area contributed by atoms with Gasteiger partial charge in [0.05, 0.1) is 27.7 Å². The van der Waals surface area contributed by atoms with Gasteiger partial charge in [-0.15, -0.1) is 0 Å². The molecule has 1 aromatic heterocycles. The van der Waals surface area contributed by atoms with Crippen LogP contribution in [-0.2, 0) is 15.8 Å². The number of aromatic nitrogens is 1. The highest BCUT2D eigenvalue weighted by Crippen LogP contribution is 2.33. The zero-order valence-electron chi connectivity index (χ0n) is 14.3. The summed E-state index contributed by atoms with van der Waals surface area (Å²) in [5.41, 5.74) is 0.317. The van der Waals surface area contributed by atoms with Crippen molar-refractivity contribution in [1.82, 2.24) is 4.98 Å². The molecule has 5 nitrogen and oxygen atoms in total. The minimum atomic E-state index is -4.45. The van der Waals surface area contributed by atoms with Crippen molar-refractivity contribution in [1.29, 1.82) is 0 Å². The molecule has 0 unspecified atom stereocenters. The lowest BCUT2D eigenvalue weighted by molar-refractivity contribution is -0.138. The van der Waals surface area contributed by atoms with E-state index in [0.29, 0.717) is 16.4 Å². The smallest absolute Gasteiger partial charge is 0.324 e. The third-order valence-electron chi connectivity index (χ3n) is 4.04. The molecule has 0 spiro atoms. The number of amides is 2. The summed E-state index contributed by atoms with van der Waals surface area (Å²) in [5, 5.41) is 3.09. The normalized spacial score (nSPS) is 17.1. The molecular formula is C18H16F3N3O2S. The van der Waals surface area contributed by atoms with Crippen LogP contribution < -0.4 is 10.2 Å². The molecule has 0 saturated heterocycles. The lowest BCUT2D eigenvalue weighted by Crippen LogP contribution is -2.40. The minimum Gasteiger partial charge on any atom is -0.324 e. The van der Waals surface area contributed by atoms with E-state index in [0.717, 1.165) is 24.0 Å². The van der Waals surface area contributed by atoms with Crippen molar-refractivity contribution in [3.8, 4) is 0 Å². The zero-order chi connectivity index (χ0) is 19.6. The maximum absolute atomic E-state index is 12.8. The Hall–Kier alpha value is -2.55. The van der Waals surface area contributed by atoms with Gasteiger partial charge in [0.15, 0.2) is 0 Å². The van der Waals surface area contributed by atoms with Crippen LogP contribution in [0.5, 0.6) is 0 Å². The third-order valence-corrected chi connectivity index (χ3v) is 4.96. The first-order valence-electron chi connectivity index (χ1n) is 8.12. The second-order valence-corrected chi connectivity index (χ2v) is 7.05. The van der Waals surface area contributed by atoms with Crippen LogP contribution in [-0.4, -0.2) is 28.6 Å². The lowest BCUT2D eigenvalue weighted by Gasteiger charge is -2.27. The molecule has 2 aromatic rings. The number of hydrogen-bond acceptors (Lipinski definition) is 4. The van der Waals surface area contributed by atoms with E-state index >= 15 is 0 Å². The number of anilines is 2. The van der Waals surface area contributed by atoms with Crippen molar-refractivity contribution < 1.29 is 22.8 Å². The Morgan fingerprint density at radius 2 is 2.04 bits per heavy atom. The van der Waals surface area contributed by atoms with E-state index in [-0.39, 0.29) is 30.0 Å². The molecule has 27 heavy (non-hydrogen) atoms. The van der Waals surface area contributed by atoms with Crippen molar-refractivity contribution in [3.05, 3.63) is 48.2 Å². The molecule has 0 fully saturated rings. The Morgan fingerprint density at radius 1 is 1.30 bits per heavy atom. The lowest BCUT2D eigenvalue weighted by atomic mass is 10.2. The standard InChI is InChI=1S/C18H16F3N3O2S/c1-11-8-15(25)23-13-4-2-3-5-14(13)24(11)17(26)10-27-16-7-6-12(9-22-16)18(19,20)21/h2-7,9,11H,8,10H2,1H3,(H,23,25)/t11-/m0/s1. The highest BCUT2D eigenvalue weighted by molar-refractivity contribution is 7.99. The largest absolute Gasteiger partial charge is 0.417 e. The Bertz CT molecular complexity index is 856. The average molecular weight is 395 g/mol. The van der Waals surface area contributed by atoms with Crippen molar-refractivity contribution in [2.45, 2.75) is 30.6 Å². The third kappa shape index (κ3) is 4.41. The summed E-state index contributed by atoms with van der Waals surface area (Å²) >= 11 is 1.05. The van der Waals surface area contributed by atoms with Crippen LogP contribution in [0.4, 0.5) is 24.5 Å². The van der Waals surface area contributed by atoms with Crippen molar-refractivity contribution >= 4 is 35.0 Å². The highest BCUT2D eigenvalue weighted by Gasteiger charge is 2.31. The van der Waals surface area contributed by atoms with Crippen molar-refractivity contribution in [2.75, 3.05) is 16.0 Å². The quantitative estimate of drug-likeness (QED) is 0.800. The summed E-state index contributed by atoms with van der Waals surface area (Å²) in [7, 11) is 0. The molecule has 1 N–H and O–H groups in total. The van der Waals surface area contributed by atoms with E-state index in [1.807, 2.05) is 0 Å². The first-order valence-corrected chi connectivity index (χ1v) is 9.11. The predicted octanol–water partition coefficient (Wildman–Crippen LogP) is 3.96. The van der Waals surface area contributed by atoms with Gasteiger partial charge in [0.2, 0.25) is 11.8 Å². The Balaban J connectivity index is 1.74. The molecule has 0 aliphatic carbocycles. The summed E-state index contributed by atoms with van der Waals surface area (Å²) in [6.45, 7) is 1.78. The molecular weight excluding hydrogens is 379 g/mol. The summed E-state index contributed by atoms with van der Waals surface area (Å²) in [6.07, 6.45) is -3.54. The molecule has 0 saturated carbocycles. The maximum Gasteiger partial charge on any atom is 0.417 e. The van der Waals surface area contributed by atoms with Crippen LogP contribution in [0.25, 0.3) is 0 Å². The van der Waals surface area contributed by atoms with Gasteiger partial charge < -0.3 is 10.2 Å². The fourth-order valence-corrected chi connectivity index (χ4v) is 3.51. The number of nitrogens with one attached hydrogen (secondary N) is 1. The highest BCUT2D eigenvalue weighted by atomic mass is 32.2. The van der Waals surface area contributed by atoms with Gasteiger partial charge in [0, 0.05) is 18.7 Å². The number of para-hydroxylation sites is 2. The topological polar surface area (TPSA) is 62.3 Å². The zero-order valence-corrected chi connectivity index (χ0v) is 15.1. The van der Waals surface area contributed by atoms with E-state index in [9.17, 15) is 22.8 Å². The number of fused-ring (bicyclic) bond motifs is 1. The predicted molar refractivity (Wildman–Crippen MR) is 96.6 cm³/mol. The number of benzene rings is 1. The SMILES string of the molecule is C[C@H]1CC(=O)Nc2ccccc2N1C(=O)CSc1ccc(C(F)(F)F)cn1. The summed E-state index contributed by atoms with van der Waals surface area (Å²) in [6, 6.07) is 8.83. The monoisotopic (exact) mass is 395 g/mol. The van der Waals surface area contributed by atoms with Crippen molar-refractivity contribution in [2.24, 2.45) is 0 Å². The van der Waals surface area contributed by atoms with Gasteiger partial charge >= 0.3 is 6.18 Å². The molecule has 2 heterocycles. The molecule has 1 aliphatic heterocycles. The van der Waals surface area contributed by atoms with Crippen molar-refractivity contribution in [3.63, 3.8) is 0 Å². The van der Waals surface area contributed by atoms with Crippen LogP contribution in [0.3, 0.4) is 0 Å².